The van der Waals surface area contributed by atoms with E-state index in [-0.39, 0.29) is 28.9 Å². The van der Waals surface area contributed by atoms with Crippen molar-refractivity contribution in [3.05, 3.63) is 107 Å². The average molecular weight is 598 g/mol. The van der Waals surface area contributed by atoms with Crippen molar-refractivity contribution in [2.75, 3.05) is 18.1 Å². The standard InChI is InChI=1S/C30H30F3N5O3S/c1-42(40,41)25-12-10-21(11-13-25)28(35-18-19-8-9-19)22-5-3-6-23(15-22)36-29(39)26-16-27(30(31,32)33)37-38(26)24-7-2-4-20(14-24)17-34/h2-7,10-16,19,28,35H,8-9,17-18,34H2,1H3,(H,36,39). The molecule has 1 aliphatic carbocycles. The maximum absolute atomic E-state index is 13.6. The van der Waals surface area contributed by atoms with Crippen LogP contribution in [0.15, 0.2) is 83.8 Å². The molecule has 1 aromatic heterocycles. The number of rotatable bonds is 10. The minimum absolute atomic E-state index is 0.169. The van der Waals surface area contributed by atoms with Gasteiger partial charge in [-0.3, -0.25) is 4.79 Å². The van der Waals surface area contributed by atoms with Gasteiger partial charge in [0.2, 0.25) is 0 Å². The molecule has 0 spiro atoms. The normalized spacial score (nSPS) is 14.5. The van der Waals surface area contributed by atoms with Gasteiger partial charge in [-0.2, -0.15) is 18.3 Å². The maximum atomic E-state index is 13.6. The van der Waals surface area contributed by atoms with Gasteiger partial charge >= 0.3 is 6.18 Å². The van der Waals surface area contributed by atoms with Crippen molar-refractivity contribution in [1.29, 1.82) is 0 Å². The van der Waals surface area contributed by atoms with Gasteiger partial charge in [0.05, 0.1) is 16.6 Å². The number of nitrogens with two attached hydrogens (primary N) is 1. The van der Waals surface area contributed by atoms with Gasteiger partial charge in [0.1, 0.15) is 5.69 Å². The van der Waals surface area contributed by atoms with Crippen LogP contribution in [-0.4, -0.2) is 36.9 Å². The van der Waals surface area contributed by atoms with Gasteiger partial charge in [-0.25, -0.2) is 13.1 Å². The molecule has 4 aromatic rings. The van der Waals surface area contributed by atoms with Crippen molar-refractivity contribution >= 4 is 21.4 Å². The third-order valence-electron chi connectivity index (χ3n) is 7.05. The summed E-state index contributed by atoms with van der Waals surface area (Å²) in [5, 5.41) is 9.93. The second-order valence-electron chi connectivity index (χ2n) is 10.4. The summed E-state index contributed by atoms with van der Waals surface area (Å²) in [6, 6.07) is 20.5. The molecule has 12 heteroatoms. The number of carbonyl (C=O) groups excluding carboxylic acids is 1. The molecule has 0 aliphatic heterocycles. The van der Waals surface area contributed by atoms with Gasteiger partial charge in [0, 0.05) is 24.6 Å². The number of hydrogen-bond acceptors (Lipinski definition) is 6. The van der Waals surface area contributed by atoms with Crippen molar-refractivity contribution in [2.24, 2.45) is 11.7 Å². The van der Waals surface area contributed by atoms with Crippen LogP contribution < -0.4 is 16.4 Å². The fraction of sp³-hybridized carbons (Fsp3) is 0.267. The molecule has 1 heterocycles. The number of halogens is 3. The molecule has 1 unspecified atom stereocenters. The Morgan fingerprint density at radius 2 is 1.74 bits per heavy atom. The first-order chi connectivity index (χ1) is 19.9. The van der Waals surface area contributed by atoms with Crippen LogP contribution in [0.4, 0.5) is 18.9 Å². The van der Waals surface area contributed by atoms with Crippen LogP contribution >= 0.6 is 0 Å². The molecule has 8 nitrogen and oxygen atoms in total. The first-order valence-corrected chi connectivity index (χ1v) is 15.2. The number of nitrogens with zero attached hydrogens (tertiary/aromatic N) is 2. The summed E-state index contributed by atoms with van der Waals surface area (Å²) in [6.07, 6.45) is -1.34. The number of alkyl halides is 3. The first-order valence-electron chi connectivity index (χ1n) is 13.3. The summed E-state index contributed by atoms with van der Waals surface area (Å²) in [5.41, 5.74) is 7.16. The molecule has 4 N–H and O–H groups in total. The number of benzene rings is 3. The molecule has 1 fully saturated rings. The van der Waals surface area contributed by atoms with Crippen molar-refractivity contribution in [2.45, 2.75) is 36.5 Å². The Hall–Kier alpha value is -4.00. The van der Waals surface area contributed by atoms with Crippen LogP contribution in [-0.2, 0) is 22.6 Å². The zero-order valence-corrected chi connectivity index (χ0v) is 23.5. The highest BCUT2D eigenvalue weighted by molar-refractivity contribution is 7.90. The van der Waals surface area contributed by atoms with E-state index >= 15 is 0 Å². The molecule has 220 valence electrons. The predicted octanol–water partition coefficient (Wildman–Crippen LogP) is 5.09. The molecular weight excluding hydrogens is 567 g/mol. The number of anilines is 1. The summed E-state index contributed by atoms with van der Waals surface area (Å²) >= 11 is 0. The molecule has 0 radical (unpaired) electrons. The Bertz CT molecular complexity index is 1700. The Kier molecular flexibility index (Phi) is 8.22. The lowest BCUT2D eigenvalue weighted by atomic mass is 9.98. The van der Waals surface area contributed by atoms with Gasteiger partial charge in [0.15, 0.2) is 15.5 Å². The molecule has 1 saturated carbocycles. The lowest BCUT2D eigenvalue weighted by Crippen LogP contribution is -2.25. The molecule has 42 heavy (non-hydrogen) atoms. The van der Waals surface area contributed by atoms with E-state index in [4.69, 9.17) is 5.73 Å². The summed E-state index contributed by atoms with van der Waals surface area (Å²) in [7, 11) is -3.36. The van der Waals surface area contributed by atoms with Crippen LogP contribution in [0, 0.1) is 5.92 Å². The Morgan fingerprint density at radius 1 is 1.02 bits per heavy atom. The van der Waals surface area contributed by atoms with E-state index in [2.05, 4.69) is 15.7 Å². The quantitative estimate of drug-likeness (QED) is 0.234. The molecule has 1 amide bonds. The van der Waals surface area contributed by atoms with Gasteiger partial charge in [0.25, 0.3) is 5.91 Å². The third kappa shape index (κ3) is 6.89. The minimum Gasteiger partial charge on any atom is -0.326 e. The fourth-order valence-electron chi connectivity index (χ4n) is 4.63. The van der Waals surface area contributed by atoms with Gasteiger partial charge in [-0.05, 0) is 78.4 Å². The Balaban J connectivity index is 1.45. The SMILES string of the molecule is CS(=O)(=O)c1ccc(C(NCC2CC2)c2cccc(NC(=O)c3cc(C(F)(F)F)nn3-c3cccc(CN)c3)c2)cc1. The number of hydrogen-bond donors (Lipinski definition) is 3. The van der Waals surface area contributed by atoms with E-state index in [0.29, 0.717) is 17.2 Å². The van der Waals surface area contributed by atoms with E-state index in [1.165, 1.54) is 0 Å². The highest BCUT2D eigenvalue weighted by Gasteiger charge is 2.36. The first kappa shape index (κ1) is 29.5. The average Bonchev–Trinajstić information content (AvgIpc) is 3.66. The van der Waals surface area contributed by atoms with Gasteiger partial charge in [-0.1, -0.05) is 36.4 Å². The smallest absolute Gasteiger partial charge is 0.326 e. The molecule has 0 bridgehead atoms. The van der Waals surface area contributed by atoms with Crippen molar-refractivity contribution < 1.29 is 26.4 Å². The maximum Gasteiger partial charge on any atom is 0.435 e. The highest BCUT2D eigenvalue weighted by Crippen LogP contribution is 2.32. The van der Waals surface area contributed by atoms with E-state index in [1.54, 1.807) is 66.7 Å². The van der Waals surface area contributed by atoms with Gasteiger partial charge < -0.3 is 16.4 Å². The van der Waals surface area contributed by atoms with Crippen LogP contribution in [0.3, 0.4) is 0 Å². The molecule has 1 atom stereocenters. The van der Waals surface area contributed by atoms with Crippen LogP contribution in [0.2, 0.25) is 0 Å². The monoisotopic (exact) mass is 597 g/mol. The van der Waals surface area contributed by atoms with Crippen molar-refractivity contribution in [3.8, 4) is 5.69 Å². The van der Waals surface area contributed by atoms with Crippen molar-refractivity contribution in [1.82, 2.24) is 15.1 Å². The summed E-state index contributed by atoms with van der Waals surface area (Å²) in [6.45, 7) is 0.929. The zero-order valence-electron chi connectivity index (χ0n) is 22.7. The van der Waals surface area contributed by atoms with E-state index in [1.807, 2.05) is 6.07 Å². The van der Waals surface area contributed by atoms with Gasteiger partial charge in [-0.15, -0.1) is 0 Å². The zero-order chi connectivity index (χ0) is 30.1. The van der Waals surface area contributed by atoms with Crippen LogP contribution in [0.5, 0.6) is 0 Å². The number of amides is 1. The number of aromatic nitrogens is 2. The molecule has 1 aliphatic rings. The van der Waals surface area contributed by atoms with Crippen LogP contribution in [0.25, 0.3) is 5.69 Å². The van der Waals surface area contributed by atoms with Crippen LogP contribution in [0.1, 0.15) is 51.8 Å². The lowest BCUT2D eigenvalue weighted by molar-refractivity contribution is -0.141. The highest BCUT2D eigenvalue weighted by atomic mass is 32.2. The van der Waals surface area contributed by atoms with E-state index < -0.39 is 27.6 Å². The van der Waals surface area contributed by atoms with E-state index in [9.17, 15) is 26.4 Å². The number of nitrogens with one attached hydrogen (secondary N) is 2. The molecule has 5 rings (SSSR count). The number of sulfone groups is 1. The Labute approximate surface area is 241 Å². The second kappa shape index (κ2) is 11.7. The third-order valence-corrected chi connectivity index (χ3v) is 8.18. The number of carbonyl (C=O) groups is 1. The predicted molar refractivity (Wildman–Crippen MR) is 153 cm³/mol. The molecule has 0 saturated heterocycles. The molecular formula is C30H30F3N5O3S. The summed E-state index contributed by atoms with van der Waals surface area (Å²) < 4.78 is 65.6. The van der Waals surface area contributed by atoms with Crippen molar-refractivity contribution in [3.63, 3.8) is 0 Å². The minimum atomic E-state index is -4.75. The summed E-state index contributed by atoms with van der Waals surface area (Å²) in [4.78, 5) is 13.6. The fourth-order valence-corrected chi connectivity index (χ4v) is 5.26. The Morgan fingerprint density at radius 3 is 2.38 bits per heavy atom. The lowest BCUT2D eigenvalue weighted by Gasteiger charge is -2.21. The topological polar surface area (TPSA) is 119 Å². The molecule has 3 aromatic carbocycles. The van der Waals surface area contributed by atoms with E-state index in [0.717, 1.165) is 47.5 Å². The summed E-state index contributed by atoms with van der Waals surface area (Å²) in [5.74, 6) is -0.208. The largest absolute Gasteiger partial charge is 0.435 e. The second-order valence-corrected chi connectivity index (χ2v) is 12.4.